The highest BCUT2D eigenvalue weighted by atomic mass is 16.6. The molecule has 10 nitrogen and oxygen atoms in total. The molecule has 0 radical (unpaired) electrons. The van der Waals surface area contributed by atoms with Gasteiger partial charge in [-0.1, -0.05) is 6.08 Å². The molecule has 220 valence electrons. The van der Waals surface area contributed by atoms with Crippen LogP contribution in [-0.2, 0) is 34.9 Å². The van der Waals surface area contributed by atoms with Crippen LogP contribution >= 0.6 is 0 Å². The van der Waals surface area contributed by atoms with Crippen LogP contribution in [0.5, 0.6) is 0 Å². The van der Waals surface area contributed by atoms with Gasteiger partial charge in [0.25, 0.3) is 0 Å². The number of aryl methyl sites for hydroxylation is 1. The molecule has 3 aliphatic heterocycles. The molecule has 0 fully saturated rings. The quantitative estimate of drug-likeness (QED) is 0.487. The van der Waals surface area contributed by atoms with Crippen molar-refractivity contribution in [1.82, 2.24) is 10.3 Å². The zero-order valence-electron chi connectivity index (χ0n) is 23.5. The minimum absolute atomic E-state index is 0.0421. The van der Waals surface area contributed by atoms with Crippen molar-refractivity contribution >= 4 is 23.3 Å². The van der Waals surface area contributed by atoms with Gasteiger partial charge in [-0.3, -0.25) is 14.8 Å². The molecule has 0 aromatic carbocycles. The fourth-order valence-electron chi connectivity index (χ4n) is 5.52. The van der Waals surface area contributed by atoms with Crippen molar-refractivity contribution in [3.05, 3.63) is 76.2 Å². The van der Waals surface area contributed by atoms with Gasteiger partial charge in [-0.15, -0.1) is 0 Å². The monoisotopic (exact) mass is 573 g/mol. The number of aliphatic imine (C=N–C) groups is 1. The van der Waals surface area contributed by atoms with Crippen LogP contribution in [0, 0.1) is 0 Å². The van der Waals surface area contributed by atoms with Crippen molar-refractivity contribution in [1.29, 1.82) is 0 Å². The van der Waals surface area contributed by atoms with Crippen LogP contribution in [0.15, 0.2) is 64.5 Å². The second-order valence-electron chi connectivity index (χ2n) is 10.3. The molecule has 0 aromatic rings. The molecule has 0 saturated heterocycles. The molecule has 8 bridgehead atoms. The predicted octanol–water partition coefficient (Wildman–Crippen LogP) is 3.62. The van der Waals surface area contributed by atoms with Crippen molar-refractivity contribution in [3.63, 3.8) is 0 Å². The van der Waals surface area contributed by atoms with E-state index in [1.807, 2.05) is 6.20 Å². The summed E-state index contributed by atoms with van der Waals surface area (Å²) in [6.07, 6.45) is 10.7. The second-order valence-corrected chi connectivity index (χ2v) is 10.3. The van der Waals surface area contributed by atoms with E-state index < -0.39 is 0 Å². The van der Waals surface area contributed by atoms with E-state index in [9.17, 15) is 9.90 Å². The molecule has 0 unspecified atom stereocenters. The molecule has 0 amide bonds. The highest BCUT2D eigenvalue weighted by Crippen LogP contribution is 2.41. The number of carbonyl (C=O) groups excluding carboxylic acids is 1. The Balaban J connectivity index is 1.43. The first-order valence-electron chi connectivity index (χ1n) is 14.4. The first kappa shape index (κ1) is 28.3. The number of Topliss-reactive ketones (excluding diaryl/α,β-unsaturated/α-hetero) is 1. The molecule has 0 atom stereocenters. The summed E-state index contributed by atoms with van der Waals surface area (Å²) in [5.74, 6) is 0.297. The number of fused-ring (bicyclic) bond motifs is 4. The summed E-state index contributed by atoms with van der Waals surface area (Å²) in [5, 5.41) is 14.5. The Morgan fingerprint density at radius 1 is 0.881 bits per heavy atom. The number of aliphatic hydroxyl groups excluding tert-OH is 1. The maximum Gasteiger partial charge on any atom is 0.173 e. The number of aromatic nitrogens is 1. The molecular weight excluding hydrogens is 538 g/mol. The van der Waals surface area contributed by atoms with Gasteiger partial charge in [0.2, 0.25) is 0 Å². The Labute approximate surface area is 244 Å². The Kier molecular flexibility index (Phi) is 9.05. The van der Waals surface area contributed by atoms with Crippen molar-refractivity contribution in [2.24, 2.45) is 4.99 Å². The van der Waals surface area contributed by atoms with E-state index in [2.05, 4.69) is 33.5 Å². The number of rotatable bonds is 0. The van der Waals surface area contributed by atoms with Crippen LogP contribution in [-0.4, -0.2) is 88.1 Å². The summed E-state index contributed by atoms with van der Waals surface area (Å²) in [6, 6.07) is 4.23. The fraction of sp³-hybridized carbons (Fsp3) is 0.406. The molecule has 6 rings (SSSR count). The smallest absolute Gasteiger partial charge is 0.173 e. The largest absolute Gasteiger partial charge is 0.511 e. The van der Waals surface area contributed by atoms with E-state index in [4.69, 9.17) is 23.7 Å². The number of hydrogen-bond acceptors (Lipinski definition) is 10. The van der Waals surface area contributed by atoms with Crippen LogP contribution in [0.1, 0.15) is 29.5 Å². The van der Waals surface area contributed by atoms with Gasteiger partial charge < -0.3 is 34.1 Å². The average Bonchev–Trinajstić information content (AvgIpc) is 3.36. The number of allylic oxidation sites excluding steroid dienone is 4. The van der Waals surface area contributed by atoms with Gasteiger partial charge in [0, 0.05) is 53.1 Å². The number of aliphatic hydroxyl groups is 1. The summed E-state index contributed by atoms with van der Waals surface area (Å²) in [6.45, 7) is 4.31. The first-order valence-corrected chi connectivity index (χ1v) is 14.4. The standard InChI is InChI=1S/C32H35N3O7/c36-29-17-30(37)31-25-14-21-2-1-3-28(24(21)15-22-18-33-19-27(22)25)34-4-6-38-8-9-39-10-11-40-12-13-41-20-23-16-26(29)32(31)35-5-7-42-23/h3,5,14-16,18-19,34,36H,1-2,4,6-13,17,20H2/b23-16-,35-5?. The Bertz CT molecular complexity index is 1460. The van der Waals surface area contributed by atoms with Gasteiger partial charge in [-0.25, -0.2) is 0 Å². The fourth-order valence-corrected chi connectivity index (χ4v) is 5.52. The van der Waals surface area contributed by atoms with Gasteiger partial charge in [-0.2, -0.15) is 0 Å². The van der Waals surface area contributed by atoms with Crippen molar-refractivity contribution in [3.8, 4) is 11.1 Å². The summed E-state index contributed by atoms with van der Waals surface area (Å²) >= 11 is 0. The first-order chi connectivity index (χ1) is 20.7. The van der Waals surface area contributed by atoms with Crippen LogP contribution in [0.25, 0.3) is 22.4 Å². The third-order valence-electron chi connectivity index (χ3n) is 7.51. The number of ether oxygens (including phenoxy) is 5. The van der Waals surface area contributed by atoms with Crippen molar-refractivity contribution in [2.75, 3.05) is 66.0 Å². The summed E-state index contributed by atoms with van der Waals surface area (Å²) < 4.78 is 28.6. The molecule has 0 aromatic heterocycles. The molecule has 3 heterocycles. The van der Waals surface area contributed by atoms with Gasteiger partial charge >= 0.3 is 0 Å². The van der Waals surface area contributed by atoms with Crippen LogP contribution < -0.4 is 5.32 Å². The third-order valence-corrected chi connectivity index (χ3v) is 7.51. The molecule has 6 aliphatic rings. The SMILES string of the molecule is O=C1CC(O)=C2/C=C3/COCCOCCOCCOCCNC4=CCCc5cc(c6cncc-6cc54)C1=C2N=CCO3. The van der Waals surface area contributed by atoms with Crippen LogP contribution in [0.4, 0.5) is 0 Å². The Morgan fingerprint density at radius 2 is 1.67 bits per heavy atom. The Morgan fingerprint density at radius 3 is 2.50 bits per heavy atom. The second kappa shape index (κ2) is 13.4. The minimum atomic E-state index is -0.192. The lowest BCUT2D eigenvalue weighted by Gasteiger charge is -2.22. The highest BCUT2D eigenvalue weighted by Gasteiger charge is 2.31. The van der Waals surface area contributed by atoms with E-state index >= 15 is 0 Å². The number of nitrogens with one attached hydrogen (secondary N) is 1. The summed E-state index contributed by atoms with van der Waals surface area (Å²) in [5.41, 5.74) is 7.12. The minimum Gasteiger partial charge on any atom is -0.511 e. The maximum atomic E-state index is 13.7. The third kappa shape index (κ3) is 6.32. The molecular formula is C32H35N3O7. The van der Waals surface area contributed by atoms with Crippen molar-refractivity contribution < 1.29 is 33.6 Å². The summed E-state index contributed by atoms with van der Waals surface area (Å²) in [4.78, 5) is 22.7. The lowest BCUT2D eigenvalue weighted by atomic mass is 9.86. The normalized spacial score (nSPS) is 22.4. The number of ketones is 1. The average molecular weight is 574 g/mol. The molecule has 2 N–H and O–H groups in total. The Hall–Kier alpha value is -3.83. The van der Waals surface area contributed by atoms with E-state index in [0.29, 0.717) is 75.4 Å². The number of hydrogen-bond donors (Lipinski definition) is 2. The van der Waals surface area contributed by atoms with E-state index in [0.717, 1.165) is 46.4 Å². The van der Waals surface area contributed by atoms with E-state index in [1.54, 1.807) is 18.5 Å². The van der Waals surface area contributed by atoms with Gasteiger partial charge in [0.1, 0.15) is 24.7 Å². The zero-order chi connectivity index (χ0) is 28.7. The number of carbonyl (C=O) groups is 1. The predicted molar refractivity (Wildman–Crippen MR) is 157 cm³/mol. The molecule has 0 saturated carbocycles. The topological polar surface area (TPSA) is 121 Å². The highest BCUT2D eigenvalue weighted by molar-refractivity contribution is 6.25. The summed E-state index contributed by atoms with van der Waals surface area (Å²) in [7, 11) is 0. The van der Waals surface area contributed by atoms with Crippen LogP contribution in [0.2, 0.25) is 0 Å². The van der Waals surface area contributed by atoms with Crippen molar-refractivity contribution in [2.45, 2.75) is 19.3 Å². The zero-order valence-corrected chi connectivity index (χ0v) is 23.5. The lowest BCUT2D eigenvalue weighted by Crippen LogP contribution is -2.21. The van der Waals surface area contributed by atoms with Gasteiger partial charge in [-0.05, 0) is 42.2 Å². The van der Waals surface area contributed by atoms with Gasteiger partial charge in [0.15, 0.2) is 5.78 Å². The van der Waals surface area contributed by atoms with Crippen LogP contribution in [0.3, 0.4) is 0 Å². The molecule has 42 heavy (non-hydrogen) atoms. The molecule has 3 aliphatic carbocycles. The number of nitrogens with zero attached hydrogens (tertiary/aromatic N) is 2. The van der Waals surface area contributed by atoms with E-state index in [1.165, 1.54) is 0 Å². The van der Waals surface area contributed by atoms with E-state index in [-0.39, 0.29) is 31.2 Å². The molecule has 0 spiro atoms. The maximum absolute atomic E-state index is 13.7. The lowest BCUT2D eigenvalue weighted by molar-refractivity contribution is -0.113. The molecule has 10 heteroatoms. The van der Waals surface area contributed by atoms with Gasteiger partial charge in [0.05, 0.1) is 63.9 Å².